The van der Waals surface area contributed by atoms with Gasteiger partial charge in [0.2, 0.25) is 0 Å². The Kier molecular flexibility index (Phi) is 4.22. The fourth-order valence-electron chi connectivity index (χ4n) is 4.23. The van der Waals surface area contributed by atoms with E-state index >= 15 is 0 Å². The van der Waals surface area contributed by atoms with Crippen LogP contribution in [0.3, 0.4) is 0 Å². The van der Waals surface area contributed by atoms with E-state index in [0.29, 0.717) is 18.0 Å². The van der Waals surface area contributed by atoms with E-state index in [4.69, 9.17) is 10.5 Å². The molecule has 2 aliphatic rings. The van der Waals surface area contributed by atoms with E-state index in [1.165, 1.54) is 25.7 Å². The molecule has 0 radical (unpaired) electrons. The molecule has 0 spiro atoms. The molecule has 3 heterocycles. The van der Waals surface area contributed by atoms with Gasteiger partial charge in [-0.15, -0.1) is 0 Å². The maximum Gasteiger partial charge on any atom is 0.161 e. The number of piperidine rings is 1. The number of aryl methyl sites for hydroxylation is 1. The molecular weight excluding hydrogens is 264 g/mol. The first-order chi connectivity index (χ1) is 10.2. The SMILES string of the molecule is CCCn1ncc(OC)c1C(N)C1CC2CCC(C1)N2C. The van der Waals surface area contributed by atoms with Crippen LogP contribution >= 0.6 is 0 Å². The smallest absolute Gasteiger partial charge is 0.161 e. The third-order valence-electron chi connectivity index (χ3n) is 5.46. The molecule has 0 aliphatic carbocycles. The third-order valence-corrected chi connectivity index (χ3v) is 5.46. The number of aromatic nitrogens is 2. The third kappa shape index (κ3) is 2.57. The molecule has 1 aromatic heterocycles. The summed E-state index contributed by atoms with van der Waals surface area (Å²) in [5.41, 5.74) is 7.75. The Bertz CT molecular complexity index is 473. The maximum atomic E-state index is 6.66. The topological polar surface area (TPSA) is 56.3 Å². The lowest BCUT2D eigenvalue weighted by molar-refractivity contribution is 0.118. The highest BCUT2D eigenvalue weighted by Gasteiger charge is 2.41. The van der Waals surface area contributed by atoms with Gasteiger partial charge in [0.25, 0.3) is 0 Å². The Morgan fingerprint density at radius 2 is 2.05 bits per heavy atom. The monoisotopic (exact) mass is 292 g/mol. The normalized spacial score (nSPS) is 30.6. The van der Waals surface area contributed by atoms with E-state index in [0.717, 1.165) is 24.4 Å². The van der Waals surface area contributed by atoms with E-state index in [2.05, 4.69) is 24.0 Å². The van der Waals surface area contributed by atoms with Crippen LogP contribution in [-0.4, -0.2) is 40.9 Å². The zero-order valence-corrected chi connectivity index (χ0v) is 13.5. The minimum Gasteiger partial charge on any atom is -0.493 e. The summed E-state index contributed by atoms with van der Waals surface area (Å²) in [5.74, 6) is 1.39. The Balaban J connectivity index is 1.82. The van der Waals surface area contributed by atoms with Crippen LogP contribution in [0.15, 0.2) is 6.20 Å². The van der Waals surface area contributed by atoms with Crippen molar-refractivity contribution in [1.82, 2.24) is 14.7 Å². The molecule has 5 nitrogen and oxygen atoms in total. The van der Waals surface area contributed by atoms with Crippen LogP contribution in [0.5, 0.6) is 5.75 Å². The molecule has 0 saturated carbocycles. The van der Waals surface area contributed by atoms with Gasteiger partial charge in [0.05, 0.1) is 25.0 Å². The summed E-state index contributed by atoms with van der Waals surface area (Å²) in [4.78, 5) is 2.56. The van der Waals surface area contributed by atoms with Crippen LogP contribution in [0.4, 0.5) is 0 Å². The van der Waals surface area contributed by atoms with Crippen molar-refractivity contribution in [3.8, 4) is 5.75 Å². The quantitative estimate of drug-likeness (QED) is 0.903. The zero-order chi connectivity index (χ0) is 15.0. The molecule has 2 bridgehead atoms. The molecule has 5 heteroatoms. The van der Waals surface area contributed by atoms with Crippen molar-refractivity contribution in [3.05, 3.63) is 11.9 Å². The Labute approximate surface area is 127 Å². The molecule has 21 heavy (non-hydrogen) atoms. The average Bonchev–Trinajstić information content (AvgIpc) is 2.95. The standard InChI is InChI=1S/C16H28N4O/c1-4-7-20-16(14(21-3)10-18-20)15(17)11-8-12-5-6-13(9-11)19(12)2/h10-13,15H,4-9,17H2,1-3H3. The van der Waals surface area contributed by atoms with E-state index in [9.17, 15) is 0 Å². The lowest BCUT2D eigenvalue weighted by Gasteiger charge is -2.38. The van der Waals surface area contributed by atoms with Gasteiger partial charge in [-0.3, -0.25) is 4.68 Å². The van der Waals surface area contributed by atoms with Crippen molar-refractivity contribution < 1.29 is 4.74 Å². The second-order valence-electron chi connectivity index (χ2n) is 6.63. The summed E-state index contributed by atoms with van der Waals surface area (Å²) in [6, 6.07) is 1.47. The molecule has 2 saturated heterocycles. The number of hydrogen-bond acceptors (Lipinski definition) is 4. The number of ether oxygens (including phenoxy) is 1. The summed E-state index contributed by atoms with van der Waals surface area (Å²) < 4.78 is 7.55. The Morgan fingerprint density at radius 1 is 1.38 bits per heavy atom. The molecule has 3 unspecified atom stereocenters. The van der Waals surface area contributed by atoms with Gasteiger partial charge in [0.15, 0.2) is 5.75 Å². The van der Waals surface area contributed by atoms with Crippen molar-refractivity contribution in [2.75, 3.05) is 14.2 Å². The van der Waals surface area contributed by atoms with Crippen LogP contribution in [-0.2, 0) is 6.54 Å². The van der Waals surface area contributed by atoms with E-state index in [1.807, 2.05) is 10.9 Å². The number of rotatable bonds is 5. The molecule has 0 amide bonds. The first-order valence-electron chi connectivity index (χ1n) is 8.22. The number of fused-ring (bicyclic) bond motifs is 2. The van der Waals surface area contributed by atoms with Gasteiger partial charge in [0.1, 0.15) is 0 Å². The lowest BCUT2D eigenvalue weighted by Crippen LogP contribution is -2.43. The lowest BCUT2D eigenvalue weighted by atomic mass is 9.84. The second-order valence-corrected chi connectivity index (χ2v) is 6.63. The molecule has 3 atom stereocenters. The Morgan fingerprint density at radius 3 is 2.62 bits per heavy atom. The highest BCUT2D eigenvalue weighted by atomic mass is 16.5. The summed E-state index contributed by atoms with van der Waals surface area (Å²) in [5, 5.41) is 4.46. The van der Waals surface area contributed by atoms with Crippen molar-refractivity contribution in [3.63, 3.8) is 0 Å². The van der Waals surface area contributed by atoms with Crippen LogP contribution in [0, 0.1) is 5.92 Å². The van der Waals surface area contributed by atoms with E-state index < -0.39 is 0 Å². The first-order valence-corrected chi connectivity index (χ1v) is 8.22. The fraction of sp³-hybridized carbons (Fsp3) is 0.812. The average molecular weight is 292 g/mol. The predicted octanol–water partition coefficient (Wildman–Crippen LogP) is 2.17. The first kappa shape index (κ1) is 14.9. The summed E-state index contributed by atoms with van der Waals surface area (Å²) in [7, 11) is 3.98. The van der Waals surface area contributed by atoms with E-state index in [1.54, 1.807) is 7.11 Å². The summed E-state index contributed by atoms with van der Waals surface area (Å²) >= 11 is 0. The van der Waals surface area contributed by atoms with Gasteiger partial charge in [-0.2, -0.15) is 5.10 Å². The van der Waals surface area contributed by atoms with Gasteiger partial charge in [-0.05, 0) is 45.1 Å². The van der Waals surface area contributed by atoms with Crippen molar-refractivity contribution in [2.45, 2.75) is 63.7 Å². The minimum absolute atomic E-state index is 0.0331. The predicted molar refractivity (Wildman–Crippen MR) is 83.3 cm³/mol. The van der Waals surface area contributed by atoms with Gasteiger partial charge in [-0.1, -0.05) is 6.92 Å². The molecule has 3 rings (SSSR count). The molecule has 118 valence electrons. The summed E-state index contributed by atoms with van der Waals surface area (Å²) in [6.07, 6.45) is 7.94. The maximum absolute atomic E-state index is 6.66. The highest BCUT2D eigenvalue weighted by Crippen LogP contribution is 2.43. The molecular formula is C16H28N4O. The van der Waals surface area contributed by atoms with Crippen LogP contribution in [0.25, 0.3) is 0 Å². The molecule has 0 aromatic carbocycles. The molecule has 2 aliphatic heterocycles. The highest BCUT2D eigenvalue weighted by molar-refractivity contribution is 5.29. The van der Waals surface area contributed by atoms with Crippen molar-refractivity contribution in [2.24, 2.45) is 11.7 Å². The number of nitrogens with zero attached hydrogens (tertiary/aromatic N) is 3. The van der Waals surface area contributed by atoms with Crippen LogP contribution in [0.1, 0.15) is 50.8 Å². The summed E-state index contributed by atoms with van der Waals surface area (Å²) in [6.45, 7) is 3.07. The van der Waals surface area contributed by atoms with Crippen molar-refractivity contribution >= 4 is 0 Å². The van der Waals surface area contributed by atoms with Gasteiger partial charge >= 0.3 is 0 Å². The minimum atomic E-state index is 0.0331. The second kappa shape index (κ2) is 5.97. The zero-order valence-electron chi connectivity index (χ0n) is 13.5. The number of methoxy groups -OCH3 is 1. The Hall–Kier alpha value is -1.07. The van der Waals surface area contributed by atoms with Crippen LogP contribution < -0.4 is 10.5 Å². The van der Waals surface area contributed by atoms with Gasteiger partial charge in [-0.25, -0.2) is 0 Å². The van der Waals surface area contributed by atoms with Gasteiger partial charge in [0, 0.05) is 18.6 Å². The number of hydrogen-bond donors (Lipinski definition) is 1. The van der Waals surface area contributed by atoms with Gasteiger partial charge < -0.3 is 15.4 Å². The largest absolute Gasteiger partial charge is 0.493 e. The molecule has 2 fully saturated rings. The number of nitrogens with two attached hydrogens (primary N) is 1. The van der Waals surface area contributed by atoms with E-state index in [-0.39, 0.29) is 6.04 Å². The van der Waals surface area contributed by atoms with Crippen LogP contribution in [0.2, 0.25) is 0 Å². The fourth-order valence-corrected chi connectivity index (χ4v) is 4.23. The molecule has 1 aromatic rings. The van der Waals surface area contributed by atoms with Crippen molar-refractivity contribution in [1.29, 1.82) is 0 Å². The molecule has 2 N–H and O–H groups in total.